The van der Waals surface area contributed by atoms with E-state index >= 15 is 0 Å². The van der Waals surface area contributed by atoms with E-state index in [1.807, 2.05) is 6.92 Å². The van der Waals surface area contributed by atoms with E-state index in [4.69, 9.17) is 18.7 Å². The second-order valence-electron chi connectivity index (χ2n) is 11.4. The molecule has 0 fully saturated rings. The second kappa shape index (κ2) is 13.3. The van der Waals surface area contributed by atoms with Crippen LogP contribution in [0.3, 0.4) is 0 Å². The summed E-state index contributed by atoms with van der Waals surface area (Å²) in [7, 11) is 1.66. The van der Waals surface area contributed by atoms with Crippen molar-refractivity contribution in [2.45, 2.75) is 46.3 Å². The fourth-order valence-electron chi connectivity index (χ4n) is 5.21. The maximum Gasteiger partial charge on any atom is 0.323 e. The van der Waals surface area contributed by atoms with Crippen LogP contribution in [0.2, 0.25) is 0 Å². The third kappa shape index (κ3) is 7.23. The lowest BCUT2D eigenvalue weighted by molar-refractivity contribution is -0.134. The summed E-state index contributed by atoms with van der Waals surface area (Å²) in [6.07, 6.45) is -0.530. The zero-order chi connectivity index (χ0) is 32.2. The number of likely N-dealkylation sites (N-methyl/N-ethyl adjacent to an activating group) is 1. The number of aliphatic hydroxyl groups excluding tert-OH is 1. The molecular weight excluding hydrogens is 584 g/mol. The van der Waals surface area contributed by atoms with Crippen molar-refractivity contribution in [3.05, 3.63) is 53.4 Å². The minimum absolute atomic E-state index is 0.0133. The Hall–Kier alpha value is -4.98. The summed E-state index contributed by atoms with van der Waals surface area (Å²) < 4.78 is 22.4. The number of anilines is 3. The highest BCUT2D eigenvalue weighted by Crippen LogP contribution is 2.34. The molecule has 1 aromatic heterocycles. The van der Waals surface area contributed by atoms with Crippen molar-refractivity contribution in [2.75, 3.05) is 49.5 Å². The van der Waals surface area contributed by atoms with E-state index in [-0.39, 0.29) is 44.2 Å². The van der Waals surface area contributed by atoms with Crippen LogP contribution in [0.1, 0.15) is 30.9 Å². The van der Waals surface area contributed by atoms with Gasteiger partial charge in [-0.15, -0.1) is 0 Å². The fraction of sp³-hybridized carbons (Fsp3) is 0.419. The van der Waals surface area contributed by atoms with Crippen LogP contribution in [0, 0.1) is 19.8 Å². The Kier molecular flexibility index (Phi) is 9.32. The molecule has 240 valence electrons. The first-order valence-electron chi connectivity index (χ1n) is 14.6. The van der Waals surface area contributed by atoms with Crippen LogP contribution in [-0.4, -0.2) is 83.7 Å². The number of aryl methyl sites for hydroxylation is 2. The average molecular weight is 623 g/mol. The number of carbonyl (C=O) groups excluding carboxylic acids is 3. The lowest BCUT2D eigenvalue weighted by Crippen LogP contribution is -2.48. The Morgan fingerprint density at radius 2 is 1.78 bits per heavy atom. The number of ether oxygens (including phenoxy) is 3. The predicted molar refractivity (Wildman–Crippen MR) is 165 cm³/mol. The van der Waals surface area contributed by atoms with Crippen molar-refractivity contribution >= 4 is 35.0 Å². The first kappa shape index (κ1) is 31.4. The molecule has 0 spiro atoms. The molecule has 14 heteroatoms. The number of aliphatic hydroxyl groups is 1. The van der Waals surface area contributed by atoms with E-state index in [1.54, 1.807) is 69.1 Å². The summed E-state index contributed by atoms with van der Waals surface area (Å²) >= 11 is 0. The molecule has 3 aromatic rings. The number of amides is 5. The van der Waals surface area contributed by atoms with Gasteiger partial charge < -0.3 is 49.6 Å². The third-order valence-electron chi connectivity index (χ3n) is 7.87. The van der Waals surface area contributed by atoms with Gasteiger partial charge in [0.25, 0.3) is 0 Å². The number of carbonyl (C=O) groups is 3. The van der Waals surface area contributed by atoms with Crippen LogP contribution in [-0.2, 0) is 11.2 Å². The number of hydrogen-bond donors (Lipinski definition) is 4. The topological polar surface area (TPSA) is 168 Å². The summed E-state index contributed by atoms with van der Waals surface area (Å²) in [5.41, 5.74) is 2.57. The van der Waals surface area contributed by atoms with Gasteiger partial charge in [-0.2, -0.15) is 0 Å². The smallest absolute Gasteiger partial charge is 0.323 e. The van der Waals surface area contributed by atoms with Crippen LogP contribution in [0.15, 0.2) is 40.9 Å². The van der Waals surface area contributed by atoms with Crippen molar-refractivity contribution in [3.8, 4) is 17.2 Å². The molecule has 2 aromatic carbocycles. The highest BCUT2D eigenvalue weighted by atomic mass is 16.7. The number of hydrogen-bond acceptors (Lipinski definition) is 9. The van der Waals surface area contributed by atoms with Gasteiger partial charge in [-0.1, -0.05) is 12.1 Å². The summed E-state index contributed by atoms with van der Waals surface area (Å²) in [5, 5.41) is 22.2. The SMILES string of the molecule is Cc1noc(C)c1NC(=O)Nc1ccc2c(c1)CC(=O)N([C@@H](C)CO)C[C@H](C)[C@@H](CN(C)C(=O)Nc1ccc3c(c1)OCO3)O2. The Morgan fingerprint density at radius 3 is 2.49 bits per heavy atom. The molecule has 0 aliphatic carbocycles. The lowest BCUT2D eigenvalue weighted by atomic mass is 10.0. The lowest BCUT2D eigenvalue weighted by Gasteiger charge is -2.34. The van der Waals surface area contributed by atoms with Crippen LogP contribution >= 0.6 is 0 Å². The molecule has 3 atom stereocenters. The van der Waals surface area contributed by atoms with Crippen molar-refractivity contribution in [2.24, 2.45) is 5.92 Å². The maximum atomic E-state index is 13.5. The summed E-state index contributed by atoms with van der Waals surface area (Å²) in [5.74, 6) is 1.69. The zero-order valence-corrected chi connectivity index (χ0v) is 25.9. The molecule has 4 N–H and O–H groups in total. The van der Waals surface area contributed by atoms with Gasteiger partial charge in [0.05, 0.1) is 25.6 Å². The van der Waals surface area contributed by atoms with Gasteiger partial charge in [0.2, 0.25) is 12.7 Å². The third-order valence-corrected chi connectivity index (χ3v) is 7.87. The first-order chi connectivity index (χ1) is 21.5. The fourth-order valence-corrected chi connectivity index (χ4v) is 5.21. The number of nitrogens with zero attached hydrogens (tertiary/aromatic N) is 3. The molecule has 0 radical (unpaired) electrons. The molecule has 14 nitrogen and oxygen atoms in total. The predicted octanol–water partition coefficient (Wildman–Crippen LogP) is 3.98. The Balaban J connectivity index is 1.34. The van der Waals surface area contributed by atoms with E-state index in [1.165, 1.54) is 4.90 Å². The molecule has 0 saturated heterocycles. The van der Waals surface area contributed by atoms with Crippen molar-refractivity contribution < 1.29 is 38.2 Å². The van der Waals surface area contributed by atoms with E-state index in [0.717, 1.165) is 0 Å². The van der Waals surface area contributed by atoms with Gasteiger partial charge in [0.15, 0.2) is 17.3 Å². The minimum Gasteiger partial charge on any atom is -0.488 e. The molecule has 0 saturated carbocycles. The van der Waals surface area contributed by atoms with E-state index in [9.17, 15) is 19.5 Å². The van der Waals surface area contributed by atoms with Crippen molar-refractivity contribution in [3.63, 3.8) is 0 Å². The molecular formula is C31H38N6O8. The first-order valence-corrected chi connectivity index (χ1v) is 14.6. The molecule has 3 heterocycles. The number of benzene rings is 2. The largest absolute Gasteiger partial charge is 0.488 e. The van der Waals surface area contributed by atoms with Gasteiger partial charge in [0, 0.05) is 42.5 Å². The molecule has 5 amide bonds. The van der Waals surface area contributed by atoms with Gasteiger partial charge in [-0.25, -0.2) is 9.59 Å². The molecule has 2 aliphatic heterocycles. The standard InChI is InChI=1S/C31H38N6O8/c1-17-13-37(18(2)15-38)28(39)11-21-10-22(32-30(40)34-29-19(3)35-45-20(29)4)6-8-24(21)44-27(17)14-36(5)31(41)33-23-7-9-25-26(12-23)43-16-42-25/h6-10,12,17-18,27,38H,11,13-16H2,1-5H3,(H,33,41)(H2,32,34,40)/t17-,18-,27+/m0/s1. The van der Waals surface area contributed by atoms with Gasteiger partial charge in [0.1, 0.15) is 23.2 Å². The number of aromatic nitrogens is 1. The second-order valence-corrected chi connectivity index (χ2v) is 11.4. The van der Waals surface area contributed by atoms with Gasteiger partial charge in [-0.3, -0.25) is 4.79 Å². The number of nitrogens with one attached hydrogen (secondary N) is 3. The Morgan fingerprint density at radius 1 is 1.07 bits per heavy atom. The molecule has 5 rings (SSSR count). The van der Waals surface area contributed by atoms with Crippen LogP contribution in [0.5, 0.6) is 17.2 Å². The Labute approximate surface area is 260 Å². The van der Waals surface area contributed by atoms with Gasteiger partial charge >= 0.3 is 12.1 Å². The van der Waals surface area contributed by atoms with Crippen LogP contribution < -0.4 is 30.2 Å². The van der Waals surface area contributed by atoms with Crippen LogP contribution in [0.25, 0.3) is 0 Å². The minimum atomic E-state index is -0.516. The quantitative estimate of drug-likeness (QED) is 0.305. The van der Waals surface area contributed by atoms with Crippen molar-refractivity contribution in [1.82, 2.24) is 15.0 Å². The normalized spacial score (nSPS) is 18.1. The van der Waals surface area contributed by atoms with E-state index in [0.29, 0.717) is 57.9 Å². The average Bonchev–Trinajstić information content (AvgIpc) is 3.61. The highest BCUT2D eigenvalue weighted by Gasteiger charge is 2.32. The maximum absolute atomic E-state index is 13.5. The summed E-state index contributed by atoms with van der Waals surface area (Å²) in [6.45, 7) is 7.57. The number of urea groups is 2. The number of fused-ring (bicyclic) bond motifs is 2. The zero-order valence-electron chi connectivity index (χ0n) is 25.9. The molecule has 0 unspecified atom stereocenters. The van der Waals surface area contributed by atoms with Gasteiger partial charge in [-0.05, 0) is 51.1 Å². The van der Waals surface area contributed by atoms with E-state index in [2.05, 4.69) is 21.1 Å². The Bertz CT molecular complexity index is 1560. The summed E-state index contributed by atoms with van der Waals surface area (Å²) in [6, 6.07) is 8.93. The number of rotatable bonds is 7. The molecule has 0 bridgehead atoms. The molecule has 2 aliphatic rings. The summed E-state index contributed by atoms with van der Waals surface area (Å²) in [4.78, 5) is 42.6. The van der Waals surface area contributed by atoms with Crippen molar-refractivity contribution in [1.29, 1.82) is 0 Å². The molecule has 45 heavy (non-hydrogen) atoms. The van der Waals surface area contributed by atoms with Crippen LogP contribution in [0.4, 0.5) is 26.7 Å². The monoisotopic (exact) mass is 622 g/mol. The van der Waals surface area contributed by atoms with E-state index < -0.39 is 18.2 Å². The highest BCUT2D eigenvalue weighted by molar-refractivity contribution is 6.00.